The molecular formula is C18H21N5O2S. The number of nitrogens with one attached hydrogen (secondary N) is 1. The van der Waals surface area contributed by atoms with E-state index in [1.807, 2.05) is 40.0 Å². The van der Waals surface area contributed by atoms with Crippen LogP contribution in [0, 0.1) is 0 Å². The molecule has 1 aliphatic rings. The maximum atomic E-state index is 12.7. The van der Waals surface area contributed by atoms with Crippen molar-refractivity contribution < 1.29 is 9.21 Å². The number of thioether (sulfide) groups is 1. The van der Waals surface area contributed by atoms with Crippen molar-refractivity contribution in [3.05, 3.63) is 36.7 Å². The van der Waals surface area contributed by atoms with Crippen LogP contribution in [0.25, 0.3) is 11.1 Å². The molecule has 26 heavy (non-hydrogen) atoms. The van der Waals surface area contributed by atoms with Crippen molar-refractivity contribution in [3.63, 3.8) is 0 Å². The van der Waals surface area contributed by atoms with Crippen molar-refractivity contribution in [2.24, 2.45) is 0 Å². The number of carbonyl (C=O) groups is 1. The van der Waals surface area contributed by atoms with Gasteiger partial charge in [-0.2, -0.15) is 5.10 Å². The summed E-state index contributed by atoms with van der Waals surface area (Å²) in [6.07, 6.45) is 5.69. The first kappa shape index (κ1) is 17.0. The van der Waals surface area contributed by atoms with E-state index in [0.29, 0.717) is 10.8 Å². The van der Waals surface area contributed by atoms with Crippen LogP contribution in [0.1, 0.15) is 19.8 Å². The van der Waals surface area contributed by atoms with Crippen LogP contribution in [0.2, 0.25) is 0 Å². The molecule has 136 valence electrons. The van der Waals surface area contributed by atoms with Gasteiger partial charge in [0, 0.05) is 30.7 Å². The van der Waals surface area contributed by atoms with Crippen molar-refractivity contribution in [2.45, 2.75) is 37.6 Å². The van der Waals surface area contributed by atoms with E-state index >= 15 is 0 Å². The normalized spacial score (nSPS) is 17.1. The largest absolute Gasteiger partial charge is 0.431 e. The monoisotopic (exact) mass is 371 g/mol. The molecule has 0 unspecified atom stereocenters. The molecule has 1 N–H and O–H groups in total. The first-order chi connectivity index (χ1) is 12.7. The quantitative estimate of drug-likeness (QED) is 0.690. The zero-order valence-electron chi connectivity index (χ0n) is 14.6. The van der Waals surface area contributed by atoms with Crippen LogP contribution in [-0.2, 0) is 6.54 Å². The van der Waals surface area contributed by atoms with Gasteiger partial charge < -0.3 is 14.6 Å². The molecule has 1 aliphatic heterocycles. The first-order valence-corrected chi connectivity index (χ1v) is 9.80. The van der Waals surface area contributed by atoms with Crippen LogP contribution in [0.4, 0.5) is 10.5 Å². The minimum absolute atomic E-state index is 0.0818. The number of urea groups is 1. The second-order valence-electron chi connectivity index (χ2n) is 6.24. The van der Waals surface area contributed by atoms with E-state index in [-0.39, 0.29) is 12.1 Å². The molecule has 1 aromatic carbocycles. The third-order valence-corrected chi connectivity index (χ3v) is 5.19. The smallest absolute Gasteiger partial charge is 0.322 e. The van der Waals surface area contributed by atoms with Crippen LogP contribution in [0.5, 0.6) is 0 Å². The third-order valence-electron chi connectivity index (χ3n) is 4.48. The summed E-state index contributed by atoms with van der Waals surface area (Å²) in [7, 11) is 0. The van der Waals surface area contributed by atoms with Crippen LogP contribution < -0.4 is 5.32 Å². The van der Waals surface area contributed by atoms with Gasteiger partial charge in [0.15, 0.2) is 5.58 Å². The van der Waals surface area contributed by atoms with Gasteiger partial charge in [-0.25, -0.2) is 9.78 Å². The van der Waals surface area contributed by atoms with Crippen LogP contribution >= 0.6 is 11.8 Å². The lowest BCUT2D eigenvalue weighted by molar-refractivity contribution is 0.199. The first-order valence-electron chi connectivity index (χ1n) is 8.81. The van der Waals surface area contributed by atoms with Gasteiger partial charge in [0.25, 0.3) is 5.22 Å². The zero-order chi connectivity index (χ0) is 17.9. The highest BCUT2D eigenvalue weighted by molar-refractivity contribution is 7.99. The van der Waals surface area contributed by atoms with Gasteiger partial charge in [-0.05, 0) is 36.8 Å². The van der Waals surface area contributed by atoms with Gasteiger partial charge >= 0.3 is 6.03 Å². The summed E-state index contributed by atoms with van der Waals surface area (Å²) in [5, 5.41) is 7.89. The Morgan fingerprint density at radius 1 is 1.46 bits per heavy atom. The molecule has 8 heteroatoms. The molecule has 1 saturated heterocycles. The molecule has 0 aliphatic carbocycles. The molecule has 7 nitrogen and oxygen atoms in total. The number of rotatable bonds is 5. The van der Waals surface area contributed by atoms with Gasteiger partial charge in [0.2, 0.25) is 0 Å². The van der Waals surface area contributed by atoms with E-state index in [4.69, 9.17) is 4.42 Å². The molecule has 3 heterocycles. The van der Waals surface area contributed by atoms with E-state index in [9.17, 15) is 4.79 Å². The summed E-state index contributed by atoms with van der Waals surface area (Å²) in [6, 6.07) is 7.55. The number of anilines is 1. The average Bonchev–Trinajstić information content (AvgIpc) is 3.35. The Kier molecular flexibility index (Phi) is 4.83. The summed E-state index contributed by atoms with van der Waals surface area (Å²) < 4.78 is 7.60. The molecule has 0 bridgehead atoms. The molecule has 4 rings (SSSR count). The Balaban J connectivity index is 1.45. The zero-order valence-corrected chi connectivity index (χ0v) is 15.4. The van der Waals surface area contributed by atoms with Crippen LogP contribution in [0.3, 0.4) is 0 Å². The predicted octanol–water partition coefficient (Wildman–Crippen LogP) is 3.83. The summed E-state index contributed by atoms with van der Waals surface area (Å²) in [6.45, 7) is 3.54. The van der Waals surface area contributed by atoms with Crippen LogP contribution in [0.15, 0.2) is 46.3 Å². The van der Waals surface area contributed by atoms with E-state index in [2.05, 4.69) is 22.3 Å². The number of aromatic nitrogens is 3. The molecule has 0 spiro atoms. The van der Waals surface area contributed by atoms with Gasteiger partial charge in [-0.15, -0.1) is 0 Å². The van der Waals surface area contributed by atoms with Gasteiger partial charge in [0.1, 0.15) is 5.52 Å². The maximum Gasteiger partial charge on any atom is 0.322 e. The van der Waals surface area contributed by atoms with E-state index in [1.165, 1.54) is 0 Å². The molecule has 2 amide bonds. The molecule has 0 saturated carbocycles. The van der Waals surface area contributed by atoms with Gasteiger partial charge in [0.05, 0.1) is 12.6 Å². The second-order valence-corrected chi connectivity index (χ2v) is 7.46. The number of carbonyl (C=O) groups excluding carboxylic acids is 1. The Hall–Kier alpha value is -2.48. The third kappa shape index (κ3) is 3.55. The fourth-order valence-corrected chi connectivity index (χ4v) is 3.84. The van der Waals surface area contributed by atoms with E-state index in [1.54, 1.807) is 18.0 Å². The summed E-state index contributed by atoms with van der Waals surface area (Å²) >= 11 is 1.56. The predicted molar refractivity (Wildman–Crippen MR) is 101 cm³/mol. The Bertz CT molecular complexity index is 892. The number of hydrogen-bond acceptors (Lipinski definition) is 5. The lowest BCUT2D eigenvalue weighted by atomic mass is 10.2. The number of benzene rings is 1. The lowest BCUT2D eigenvalue weighted by Crippen LogP contribution is -2.40. The van der Waals surface area contributed by atoms with Crippen molar-refractivity contribution in [1.29, 1.82) is 0 Å². The fraction of sp³-hybridized carbons (Fsp3) is 0.389. The topological polar surface area (TPSA) is 76.2 Å². The van der Waals surface area contributed by atoms with Crippen molar-refractivity contribution in [2.75, 3.05) is 17.6 Å². The Morgan fingerprint density at radius 3 is 3.19 bits per heavy atom. The highest BCUT2D eigenvalue weighted by atomic mass is 32.2. The van der Waals surface area contributed by atoms with E-state index in [0.717, 1.165) is 42.9 Å². The molecule has 1 fully saturated rings. The molecular weight excluding hydrogens is 350 g/mol. The van der Waals surface area contributed by atoms with Crippen LogP contribution in [-0.4, -0.2) is 44.0 Å². The highest BCUT2D eigenvalue weighted by Gasteiger charge is 2.29. The van der Waals surface area contributed by atoms with Gasteiger partial charge in [-0.1, -0.05) is 18.7 Å². The standard InChI is InChI=1S/C18H21N5O2S/c1-2-26-18-21-15-7-6-13(11-16(15)25-18)20-17(24)23-10-3-5-14(23)12-22-9-4-8-19-22/h4,6-9,11,14H,2-3,5,10,12H2,1H3,(H,20,24)/t14-/m0/s1. The second kappa shape index (κ2) is 7.41. The van der Waals surface area contributed by atoms with E-state index < -0.39 is 0 Å². The Labute approximate surface area is 155 Å². The molecule has 3 aromatic rings. The number of likely N-dealkylation sites (tertiary alicyclic amines) is 1. The molecule has 2 aromatic heterocycles. The maximum absolute atomic E-state index is 12.7. The average molecular weight is 371 g/mol. The summed E-state index contributed by atoms with van der Waals surface area (Å²) in [5.41, 5.74) is 2.21. The van der Waals surface area contributed by atoms with Crippen molar-refractivity contribution in [1.82, 2.24) is 19.7 Å². The number of amides is 2. The number of nitrogens with zero attached hydrogens (tertiary/aromatic N) is 4. The number of oxazole rings is 1. The van der Waals surface area contributed by atoms with Crippen molar-refractivity contribution in [3.8, 4) is 0 Å². The minimum Gasteiger partial charge on any atom is -0.431 e. The summed E-state index contributed by atoms with van der Waals surface area (Å²) in [5.74, 6) is 0.906. The van der Waals surface area contributed by atoms with Gasteiger partial charge in [-0.3, -0.25) is 4.68 Å². The lowest BCUT2D eigenvalue weighted by Gasteiger charge is -2.25. The number of fused-ring (bicyclic) bond motifs is 1. The number of hydrogen-bond donors (Lipinski definition) is 1. The summed E-state index contributed by atoms with van der Waals surface area (Å²) in [4.78, 5) is 19.0. The molecule has 0 radical (unpaired) electrons. The highest BCUT2D eigenvalue weighted by Crippen LogP contribution is 2.26. The minimum atomic E-state index is -0.0818. The Morgan fingerprint density at radius 2 is 2.38 bits per heavy atom. The SMILES string of the molecule is CCSc1nc2ccc(NC(=O)N3CCC[C@H]3Cn3cccn3)cc2o1. The molecule has 1 atom stereocenters. The van der Waals surface area contributed by atoms with Crippen molar-refractivity contribution >= 4 is 34.6 Å². The fourth-order valence-electron chi connectivity index (χ4n) is 3.28.